The second kappa shape index (κ2) is 9.51. The number of benzene rings is 2. The summed E-state index contributed by atoms with van der Waals surface area (Å²) in [6.45, 7) is 2.05. The van der Waals surface area contributed by atoms with E-state index >= 15 is 0 Å². The van der Waals surface area contributed by atoms with Crippen LogP contribution in [0.4, 0.5) is 0 Å². The van der Waals surface area contributed by atoms with Gasteiger partial charge in [0.05, 0.1) is 28.5 Å². The van der Waals surface area contributed by atoms with Gasteiger partial charge in [0.2, 0.25) is 6.79 Å². The summed E-state index contributed by atoms with van der Waals surface area (Å²) in [4.78, 5) is 36.8. The van der Waals surface area contributed by atoms with Gasteiger partial charge in [-0.15, -0.1) is 0 Å². The van der Waals surface area contributed by atoms with Gasteiger partial charge in [-0.25, -0.2) is 9.79 Å². The molecular weight excluding hydrogens is 490 g/mol. The summed E-state index contributed by atoms with van der Waals surface area (Å²) >= 11 is 1.26. The van der Waals surface area contributed by atoms with Gasteiger partial charge in [0.15, 0.2) is 16.3 Å². The molecule has 2 aromatic heterocycles. The van der Waals surface area contributed by atoms with Crippen LogP contribution in [-0.2, 0) is 9.53 Å². The molecule has 0 N–H and O–H groups in total. The van der Waals surface area contributed by atoms with Crippen LogP contribution in [0.15, 0.2) is 88.4 Å². The number of thiazole rings is 1. The number of nitrogens with zero attached hydrogens (tertiary/aromatic N) is 3. The maximum Gasteiger partial charge on any atom is 0.338 e. The summed E-state index contributed by atoms with van der Waals surface area (Å²) in [7, 11) is 0. The largest absolute Gasteiger partial charge is 0.463 e. The molecular formula is C28H21N3O5S. The first-order valence-corrected chi connectivity index (χ1v) is 12.5. The number of esters is 1. The predicted octanol–water partition coefficient (Wildman–Crippen LogP) is 3.06. The third-order valence-electron chi connectivity index (χ3n) is 6.07. The highest BCUT2D eigenvalue weighted by atomic mass is 32.1. The Morgan fingerprint density at radius 3 is 2.76 bits per heavy atom. The number of fused-ring (bicyclic) bond motifs is 2. The fourth-order valence-corrected chi connectivity index (χ4v) is 5.45. The Labute approximate surface area is 215 Å². The molecule has 8 nitrogen and oxygen atoms in total. The normalized spacial score (nSPS) is 16.4. The van der Waals surface area contributed by atoms with E-state index in [9.17, 15) is 9.59 Å². The number of hydrogen-bond acceptors (Lipinski definition) is 8. The lowest BCUT2D eigenvalue weighted by Gasteiger charge is -2.26. The average Bonchev–Trinajstić information content (AvgIpc) is 3.52. The zero-order valence-electron chi connectivity index (χ0n) is 19.8. The lowest BCUT2D eigenvalue weighted by atomic mass is 9.93. The first-order chi connectivity index (χ1) is 18.1. The Balaban J connectivity index is 1.66. The zero-order valence-corrected chi connectivity index (χ0v) is 20.6. The van der Waals surface area contributed by atoms with Crippen LogP contribution in [0, 0.1) is 0 Å². The minimum absolute atomic E-state index is 0.114. The Kier molecular flexibility index (Phi) is 5.90. The Morgan fingerprint density at radius 2 is 1.97 bits per heavy atom. The molecule has 1 unspecified atom stereocenters. The molecule has 0 aliphatic carbocycles. The first-order valence-electron chi connectivity index (χ1n) is 11.7. The van der Waals surface area contributed by atoms with E-state index in [-0.39, 0.29) is 24.5 Å². The molecule has 0 saturated heterocycles. The van der Waals surface area contributed by atoms with Gasteiger partial charge in [0.1, 0.15) is 0 Å². The highest BCUT2D eigenvalue weighted by Gasteiger charge is 2.36. The summed E-state index contributed by atoms with van der Waals surface area (Å²) in [5, 5.41) is 0. The molecule has 184 valence electrons. The molecule has 0 spiro atoms. The molecule has 2 aliphatic rings. The number of rotatable bonds is 5. The van der Waals surface area contributed by atoms with Crippen molar-refractivity contribution in [3.8, 4) is 11.5 Å². The van der Waals surface area contributed by atoms with Gasteiger partial charge in [0, 0.05) is 18.0 Å². The van der Waals surface area contributed by atoms with E-state index in [2.05, 4.69) is 4.98 Å². The minimum Gasteiger partial charge on any atom is -0.463 e. The predicted molar refractivity (Wildman–Crippen MR) is 138 cm³/mol. The second-order valence-electron chi connectivity index (χ2n) is 8.33. The van der Waals surface area contributed by atoms with Crippen LogP contribution in [0.25, 0.3) is 11.8 Å². The Morgan fingerprint density at radius 1 is 1.14 bits per heavy atom. The maximum absolute atomic E-state index is 13.8. The van der Waals surface area contributed by atoms with Crippen LogP contribution in [-0.4, -0.2) is 28.9 Å². The summed E-state index contributed by atoms with van der Waals surface area (Å²) in [6, 6.07) is 17.8. The van der Waals surface area contributed by atoms with Gasteiger partial charge in [-0.1, -0.05) is 53.8 Å². The van der Waals surface area contributed by atoms with Crippen molar-refractivity contribution in [2.24, 2.45) is 4.99 Å². The number of hydrogen-bond donors (Lipinski definition) is 0. The molecule has 2 aromatic carbocycles. The quantitative estimate of drug-likeness (QED) is 0.383. The molecule has 0 amide bonds. The smallest absolute Gasteiger partial charge is 0.338 e. The fraction of sp³-hybridized carbons (Fsp3) is 0.143. The highest BCUT2D eigenvalue weighted by molar-refractivity contribution is 7.07. The number of aromatic nitrogens is 2. The van der Waals surface area contributed by atoms with Crippen molar-refractivity contribution in [2.45, 2.75) is 13.0 Å². The summed E-state index contributed by atoms with van der Waals surface area (Å²) in [5.74, 6) is 0.628. The monoisotopic (exact) mass is 511 g/mol. The number of ether oxygens (including phenoxy) is 3. The van der Waals surface area contributed by atoms with Crippen LogP contribution in [0.1, 0.15) is 29.7 Å². The van der Waals surface area contributed by atoms with Crippen molar-refractivity contribution in [3.63, 3.8) is 0 Å². The fourth-order valence-electron chi connectivity index (χ4n) is 4.45. The van der Waals surface area contributed by atoms with Crippen molar-refractivity contribution < 1.29 is 19.0 Å². The number of carbonyl (C=O) groups is 1. The zero-order chi connectivity index (χ0) is 25.4. The van der Waals surface area contributed by atoms with Crippen LogP contribution >= 0.6 is 11.3 Å². The lowest BCUT2D eigenvalue weighted by molar-refractivity contribution is -0.138. The van der Waals surface area contributed by atoms with Gasteiger partial charge < -0.3 is 14.2 Å². The Bertz CT molecular complexity index is 1710. The van der Waals surface area contributed by atoms with Crippen LogP contribution in [0.3, 0.4) is 0 Å². The first kappa shape index (κ1) is 22.9. The van der Waals surface area contributed by atoms with Gasteiger partial charge >= 0.3 is 5.97 Å². The van der Waals surface area contributed by atoms with Crippen LogP contribution in [0.5, 0.6) is 11.5 Å². The molecule has 4 aromatic rings. The van der Waals surface area contributed by atoms with Crippen LogP contribution < -0.4 is 24.4 Å². The molecule has 2 aliphatic heterocycles. The standard InChI is InChI=1S/C28H21N3O5S/c1-2-34-27(33)23-24(18-8-4-3-5-9-18)30-28-31(25(23)19-10-11-20-21(14-19)36-16-35-20)26(32)22(37-28)13-17-7-6-12-29-15-17/h3-15,25H,2,16H2,1H3. The molecule has 37 heavy (non-hydrogen) atoms. The highest BCUT2D eigenvalue weighted by Crippen LogP contribution is 2.39. The van der Waals surface area contributed by atoms with Crippen molar-refractivity contribution in [1.82, 2.24) is 9.55 Å². The molecule has 9 heteroatoms. The van der Waals surface area contributed by atoms with Gasteiger partial charge in [-0.2, -0.15) is 0 Å². The minimum atomic E-state index is -0.781. The summed E-state index contributed by atoms with van der Waals surface area (Å²) < 4.78 is 18.6. The summed E-state index contributed by atoms with van der Waals surface area (Å²) in [5.41, 5.74) is 2.72. The van der Waals surface area contributed by atoms with E-state index in [0.29, 0.717) is 32.1 Å². The average molecular weight is 512 g/mol. The van der Waals surface area contributed by atoms with E-state index in [1.165, 1.54) is 11.3 Å². The van der Waals surface area contributed by atoms with Crippen LogP contribution in [0.2, 0.25) is 0 Å². The maximum atomic E-state index is 13.8. The molecule has 4 heterocycles. The molecule has 6 rings (SSSR count). The van der Waals surface area contributed by atoms with E-state index in [0.717, 1.165) is 11.1 Å². The van der Waals surface area contributed by atoms with E-state index in [1.54, 1.807) is 42.1 Å². The van der Waals surface area contributed by atoms with E-state index in [1.807, 2.05) is 48.5 Å². The second-order valence-corrected chi connectivity index (χ2v) is 9.34. The Hall–Kier alpha value is -4.50. The van der Waals surface area contributed by atoms with Gasteiger partial charge in [-0.3, -0.25) is 14.3 Å². The van der Waals surface area contributed by atoms with Gasteiger partial charge in [-0.05, 0) is 42.3 Å². The van der Waals surface area contributed by atoms with Crippen molar-refractivity contribution >= 4 is 29.1 Å². The number of pyridine rings is 1. The molecule has 0 saturated carbocycles. The van der Waals surface area contributed by atoms with E-state index < -0.39 is 12.0 Å². The number of carbonyl (C=O) groups excluding carboxylic acids is 1. The third-order valence-corrected chi connectivity index (χ3v) is 7.05. The van der Waals surface area contributed by atoms with Crippen molar-refractivity contribution in [1.29, 1.82) is 0 Å². The SMILES string of the molecule is CCOC(=O)C1=C(c2ccccc2)N=c2sc(=Cc3cccnc3)c(=O)n2C1c1ccc2c(c1)OCO2. The summed E-state index contributed by atoms with van der Waals surface area (Å²) in [6.07, 6.45) is 5.15. The lowest BCUT2D eigenvalue weighted by Crippen LogP contribution is -2.40. The van der Waals surface area contributed by atoms with Crippen molar-refractivity contribution in [3.05, 3.63) is 115 Å². The topological polar surface area (TPSA) is 92.0 Å². The molecule has 1 atom stereocenters. The van der Waals surface area contributed by atoms with Crippen molar-refractivity contribution in [2.75, 3.05) is 13.4 Å². The molecule has 0 radical (unpaired) electrons. The molecule has 0 fully saturated rings. The molecule has 0 bridgehead atoms. The van der Waals surface area contributed by atoms with Gasteiger partial charge in [0.25, 0.3) is 5.56 Å². The van der Waals surface area contributed by atoms with E-state index in [4.69, 9.17) is 19.2 Å². The third kappa shape index (κ3) is 4.13.